The fraction of sp³-hybridized carbons (Fsp3) is 0.963. The predicted molar refractivity (Wildman–Crippen MR) is 134 cm³/mol. The quantitative estimate of drug-likeness (QED) is 0.497. The van der Waals surface area contributed by atoms with Crippen LogP contribution in [0, 0.1) is 46.8 Å². The van der Waals surface area contributed by atoms with Crippen LogP contribution in [0.2, 0.25) is 0 Å². The first kappa shape index (κ1) is 25.0. The smallest absolute Gasteiger partial charge is 0.150 e. The van der Waals surface area contributed by atoms with Gasteiger partial charge >= 0.3 is 0 Å². The van der Waals surface area contributed by atoms with Gasteiger partial charge in [0.15, 0.2) is 5.78 Å². The third-order valence-corrected chi connectivity index (χ3v) is 11.5. The van der Waals surface area contributed by atoms with Crippen molar-refractivity contribution in [3.63, 3.8) is 0 Å². The molecule has 8 unspecified atom stereocenters. The Labute approximate surface area is 200 Å². The van der Waals surface area contributed by atoms with E-state index < -0.39 is 11.4 Å². The summed E-state index contributed by atoms with van der Waals surface area (Å²) in [5, 5.41) is 0. The van der Waals surface area contributed by atoms with E-state index in [1.807, 2.05) is 4.31 Å². The molecule has 1 saturated heterocycles. The van der Waals surface area contributed by atoms with Gasteiger partial charge in [0.25, 0.3) is 0 Å². The zero-order chi connectivity index (χ0) is 23.0. The van der Waals surface area contributed by atoms with Gasteiger partial charge in [0.1, 0.15) is 6.26 Å². The molecular formula is C27H48N2O2S. The van der Waals surface area contributed by atoms with Crippen LogP contribution in [0.5, 0.6) is 0 Å². The Morgan fingerprint density at radius 1 is 1.09 bits per heavy atom. The van der Waals surface area contributed by atoms with Gasteiger partial charge in [0, 0.05) is 30.4 Å². The lowest BCUT2D eigenvalue weighted by molar-refractivity contribution is -0.132. The maximum Gasteiger partial charge on any atom is 0.150 e. The van der Waals surface area contributed by atoms with Crippen LogP contribution in [0.25, 0.3) is 0 Å². The third kappa shape index (κ3) is 4.57. The van der Waals surface area contributed by atoms with Crippen LogP contribution >= 0.6 is 0 Å². The molecule has 0 amide bonds. The topological polar surface area (TPSA) is 46.6 Å². The fourth-order valence-corrected chi connectivity index (χ4v) is 9.71. The molecule has 32 heavy (non-hydrogen) atoms. The highest BCUT2D eigenvalue weighted by Crippen LogP contribution is 2.65. The Bertz CT molecular complexity index is 650. The molecule has 0 radical (unpaired) electrons. The highest BCUT2D eigenvalue weighted by atomic mass is 32.2. The molecule has 3 saturated carbocycles. The highest BCUT2D eigenvalue weighted by molar-refractivity contribution is 7.88. The third-order valence-electron chi connectivity index (χ3n) is 10.4. The van der Waals surface area contributed by atoms with Gasteiger partial charge < -0.3 is 4.55 Å². The summed E-state index contributed by atoms with van der Waals surface area (Å²) < 4.78 is 13.8. The first-order valence-electron chi connectivity index (χ1n) is 13.6. The second kappa shape index (κ2) is 10.3. The van der Waals surface area contributed by atoms with Crippen molar-refractivity contribution >= 4 is 17.1 Å². The number of ketones is 1. The number of hydrogen-bond acceptors (Lipinski definition) is 4. The summed E-state index contributed by atoms with van der Waals surface area (Å²) in [6, 6.07) is 0. The normalized spacial score (nSPS) is 44.1. The van der Waals surface area contributed by atoms with Gasteiger partial charge in [-0.1, -0.05) is 47.0 Å². The van der Waals surface area contributed by atoms with Crippen molar-refractivity contribution in [3.05, 3.63) is 0 Å². The summed E-state index contributed by atoms with van der Waals surface area (Å²) in [4.78, 5) is 16.0. The second-order valence-electron chi connectivity index (χ2n) is 12.0. The largest absolute Gasteiger partial charge is 0.598 e. The molecule has 0 N–H and O–H groups in total. The van der Waals surface area contributed by atoms with Gasteiger partial charge in [0.2, 0.25) is 0 Å². The van der Waals surface area contributed by atoms with Gasteiger partial charge in [0.05, 0.1) is 19.6 Å². The molecular weight excluding hydrogens is 416 g/mol. The molecule has 4 fully saturated rings. The van der Waals surface area contributed by atoms with E-state index in [2.05, 4.69) is 32.6 Å². The Kier molecular flexibility index (Phi) is 8.01. The van der Waals surface area contributed by atoms with Crippen molar-refractivity contribution in [2.24, 2.45) is 46.8 Å². The number of piperazine rings is 1. The summed E-state index contributed by atoms with van der Waals surface area (Å²) in [6.45, 7) is 13.6. The van der Waals surface area contributed by atoms with Gasteiger partial charge in [-0.15, -0.1) is 4.31 Å². The SMILES string of the molecule is CCCC1C(CC)CCC2C1CC[C@@]1(C)C2CC(C)C1C(=O)CN1CCN([S+](C)[O-])CC1. The van der Waals surface area contributed by atoms with Crippen LogP contribution in [0.1, 0.15) is 79.1 Å². The minimum Gasteiger partial charge on any atom is -0.598 e. The van der Waals surface area contributed by atoms with E-state index in [0.29, 0.717) is 18.2 Å². The number of hydrogen-bond donors (Lipinski definition) is 0. The number of fused-ring (bicyclic) bond motifs is 3. The molecule has 0 bridgehead atoms. The monoisotopic (exact) mass is 464 g/mol. The molecule has 4 rings (SSSR count). The molecule has 9 atom stereocenters. The van der Waals surface area contributed by atoms with Crippen molar-refractivity contribution in [3.8, 4) is 0 Å². The van der Waals surface area contributed by atoms with Crippen LogP contribution in [0.4, 0.5) is 0 Å². The molecule has 5 heteroatoms. The van der Waals surface area contributed by atoms with Gasteiger partial charge in [-0.3, -0.25) is 9.69 Å². The molecule has 1 heterocycles. The minimum absolute atomic E-state index is 0.209. The molecule has 3 aliphatic carbocycles. The molecule has 0 aromatic heterocycles. The zero-order valence-electron chi connectivity index (χ0n) is 21.4. The van der Waals surface area contributed by atoms with E-state index in [4.69, 9.17) is 0 Å². The number of Topliss-reactive ketones (excluding diaryl/α,β-unsaturated/α-hetero) is 1. The summed E-state index contributed by atoms with van der Waals surface area (Å²) in [6.07, 6.45) is 12.6. The molecule has 1 aliphatic heterocycles. The van der Waals surface area contributed by atoms with E-state index in [-0.39, 0.29) is 11.3 Å². The van der Waals surface area contributed by atoms with E-state index in [1.54, 1.807) is 6.26 Å². The second-order valence-corrected chi connectivity index (χ2v) is 13.3. The van der Waals surface area contributed by atoms with Crippen LogP contribution < -0.4 is 0 Å². The van der Waals surface area contributed by atoms with Crippen molar-refractivity contribution in [1.82, 2.24) is 9.21 Å². The molecule has 184 valence electrons. The number of carbonyl (C=O) groups is 1. The Morgan fingerprint density at radius 3 is 2.44 bits per heavy atom. The van der Waals surface area contributed by atoms with Crippen LogP contribution in [0.3, 0.4) is 0 Å². The van der Waals surface area contributed by atoms with Crippen molar-refractivity contribution < 1.29 is 9.35 Å². The summed E-state index contributed by atoms with van der Waals surface area (Å²) in [7, 11) is 0. The molecule has 4 nitrogen and oxygen atoms in total. The average molecular weight is 465 g/mol. The van der Waals surface area contributed by atoms with Crippen LogP contribution in [0.15, 0.2) is 0 Å². The lowest BCUT2D eigenvalue weighted by Gasteiger charge is -2.54. The number of nitrogens with zero attached hydrogens (tertiary/aromatic N) is 2. The Hall–Kier alpha value is -0.100. The van der Waals surface area contributed by atoms with Gasteiger partial charge in [-0.2, -0.15) is 0 Å². The summed E-state index contributed by atoms with van der Waals surface area (Å²) in [5.41, 5.74) is 0.209. The molecule has 0 aromatic carbocycles. The van der Waals surface area contributed by atoms with Crippen LogP contribution in [-0.2, 0) is 16.2 Å². The lowest BCUT2D eigenvalue weighted by Crippen LogP contribution is -2.52. The van der Waals surface area contributed by atoms with E-state index in [0.717, 1.165) is 55.8 Å². The summed E-state index contributed by atoms with van der Waals surface area (Å²) in [5.74, 6) is 5.65. The predicted octanol–water partition coefficient (Wildman–Crippen LogP) is 5.01. The number of rotatable bonds is 7. The standard InChI is InChI=1S/C27H48N2O2S/c1-6-8-21-20(7-2)9-10-23-22(21)11-12-27(4)24(23)17-19(3)26(27)25(30)18-28-13-15-29(16-14-28)32(5)31/h19-24,26H,6-18H2,1-5H3/t19?,20?,21?,22?,23?,24?,26?,27-,32?/m0/s1. The Morgan fingerprint density at radius 2 is 1.81 bits per heavy atom. The van der Waals surface area contributed by atoms with Gasteiger partial charge in [-0.05, 0) is 73.0 Å². The minimum atomic E-state index is -0.890. The maximum atomic E-state index is 13.7. The van der Waals surface area contributed by atoms with E-state index >= 15 is 0 Å². The average Bonchev–Trinajstić information content (AvgIpc) is 3.04. The van der Waals surface area contributed by atoms with Crippen molar-refractivity contribution in [1.29, 1.82) is 0 Å². The summed E-state index contributed by atoms with van der Waals surface area (Å²) >= 11 is -0.890. The van der Waals surface area contributed by atoms with Crippen molar-refractivity contribution in [2.45, 2.75) is 79.1 Å². The van der Waals surface area contributed by atoms with E-state index in [9.17, 15) is 9.35 Å². The fourth-order valence-electron chi connectivity index (χ4n) is 9.04. The number of carbonyl (C=O) groups excluding carboxylic acids is 1. The van der Waals surface area contributed by atoms with Gasteiger partial charge in [-0.25, -0.2) is 0 Å². The molecule has 4 aliphatic rings. The van der Waals surface area contributed by atoms with Crippen LogP contribution in [-0.4, -0.2) is 58.5 Å². The first-order chi connectivity index (χ1) is 15.3. The highest BCUT2D eigenvalue weighted by Gasteiger charge is 2.60. The molecule has 0 aromatic rings. The zero-order valence-corrected chi connectivity index (χ0v) is 22.2. The van der Waals surface area contributed by atoms with Crippen molar-refractivity contribution in [2.75, 3.05) is 39.0 Å². The molecule has 0 spiro atoms. The van der Waals surface area contributed by atoms with E-state index in [1.165, 1.54) is 51.4 Å². The maximum absolute atomic E-state index is 13.7. The Balaban J connectivity index is 1.44. The lowest BCUT2D eigenvalue weighted by atomic mass is 9.50. The first-order valence-corrected chi connectivity index (χ1v) is 15.1.